The first-order valence-electron chi connectivity index (χ1n) is 4.20. The molecule has 1 aromatic carbocycles. The largest absolute Gasteiger partial charge is 0.481 e. The van der Waals surface area contributed by atoms with Crippen molar-refractivity contribution in [3.63, 3.8) is 0 Å². The molecule has 0 aliphatic carbocycles. The highest BCUT2D eigenvalue weighted by Gasteiger charge is 2.10. The van der Waals surface area contributed by atoms with Crippen LogP contribution in [0.25, 0.3) is 0 Å². The maximum absolute atomic E-state index is 11.4. The Hall–Kier alpha value is -1.26. The average molecular weight is 266 g/mol. The predicted octanol–water partition coefficient (Wildman–Crippen LogP) is 2.16. The number of carboxylic acid groups (broad SMARTS) is 1. The number of Topliss-reactive ketones (excluding diaryl/α,β-unsaturated/α-hetero) is 1. The number of hydrogen-bond acceptors (Lipinski definition) is 3. The minimum absolute atomic E-state index is 0. The van der Waals surface area contributed by atoms with E-state index in [0.29, 0.717) is 11.3 Å². The van der Waals surface area contributed by atoms with E-state index >= 15 is 0 Å². The molecule has 0 saturated carbocycles. The SMILES string of the molecule is Cl.Cl.Nc1ccccc1C(=O)CCC(=O)O. The smallest absolute Gasteiger partial charge is 0.303 e. The number of aliphatic carboxylic acids is 1. The molecule has 0 bridgehead atoms. The molecule has 0 aromatic heterocycles. The number of para-hydroxylation sites is 1. The van der Waals surface area contributed by atoms with Gasteiger partial charge in [-0.1, -0.05) is 12.1 Å². The van der Waals surface area contributed by atoms with E-state index in [2.05, 4.69) is 0 Å². The summed E-state index contributed by atoms with van der Waals surface area (Å²) in [7, 11) is 0. The van der Waals surface area contributed by atoms with Gasteiger partial charge in [0, 0.05) is 17.7 Å². The van der Waals surface area contributed by atoms with Crippen LogP contribution in [0, 0.1) is 0 Å². The van der Waals surface area contributed by atoms with Crippen LogP contribution in [0.1, 0.15) is 23.2 Å². The molecule has 0 radical (unpaired) electrons. The maximum atomic E-state index is 11.4. The van der Waals surface area contributed by atoms with Crippen molar-refractivity contribution in [2.75, 3.05) is 5.73 Å². The van der Waals surface area contributed by atoms with Gasteiger partial charge in [-0.2, -0.15) is 0 Å². The predicted molar refractivity (Wildman–Crippen MR) is 66.6 cm³/mol. The van der Waals surface area contributed by atoms with Crippen LogP contribution >= 0.6 is 24.8 Å². The number of carbonyl (C=O) groups excluding carboxylic acids is 1. The van der Waals surface area contributed by atoms with E-state index in [0.717, 1.165) is 0 Å². The quantitative estimate of drug-likeness (QED) is 0.646. The first-order valence-corrected chi connectivity index (χ1v) is 4.20. The molecule has 0 aliphatic heterocycles. The van der Waals surface area contributed by atoms with E-state index in [9.17, 15) is 9.59 Å². The van der Waals surface area contributed by atoms with Gasteiger partial charge in [-0.05, 0) is 12.1 Å². The summed E-state index contributed by atoms with van der Waals surface area (Å²) < 4.78 is 0. The minimum atomic E-state index is -0.979. The second kappa shape index (κ2) is 7.96. The Morgan fingerprint density at radius 3 is 2.19 bits per heavy atom. The maximum Gasteiger partial charge on any atom is 0.303 e. The van der Waals surface area contributed by atoms with Crippen molar-refractivity contribution in [2.24, 2.45) is 0 Å². The number of carbonyl (C=O) groups is 2. The second-order valence-electron chi connectivity index (χ2n) is 2.90. The van der Waals surface area contributed by atoms with Crippen molar-refractivity contribution in [3.8, 4) is 0 Å². The van der Waals surface area contributed by atoms with E-state index in [1.807, 2.05) is 0 Å². The molecule has 3 N–H and O–H groups in total. The molecular weight excluding hydrogens is 253 g/mol. The molecule has 0 atom stereocenters. The van der Waals surface area contributed by atoms with Gasteiger partial charge in [0.1, 0.15) is 0 Å². The van der Waals surface area contributed by atoms with Crippen LogP contribution < -0.4 is 5.73 Å². The third kappa shape index (κ3) is 5.00. The van der Waals surface area contributed by atoms with Crippen molar-refractivity contribution < 1.29 is 14.7 Å². The van der Waals surface area contributed by atoms with E-state index in [4.69, 9.17) is 10.8 Å². The summed E-state index contributed by atoms with van der Waals surface area (Å²) in [5, 5.41) is 8.40. The van der Waals surface area contributed by atoms with Crippen LogP contribution in [0.5, 0.6) is 0 Å². The summed E-state index contributed by atoms with van der Waals surface area (Å²) in [6.45, 7) is 0. The molecule has 0 spiro atoms. The van der Waals surface area contributed by atoms with Crippen LogP contribution in [0.2, 0.25) is 0 Å². The summed E-state index contributed by atoms with van der Waals surface area (Å²) in [6.07, 6.45) is -0.170. The number of halogens is 2. The Bertz CT molecular complexity index is 369. The number of carboxylic acids is 1. The van der Waals surface area contributed by atoms with Gasteiger partial charge in [0.2, 0.25) is 0 Å². The van der Waals surface area contributed by atoms with Gasteiger partial charge >= 0.3 is 5.97 Å². The van der Waals surface area contributed by atoms with Crippen molar-refractivity contribution in [1.29, 1.82) is 0 Å². The van der Waals surface area contributed by atoms with Crippen molar-refractivity contribution >= 4 is 42.3 Å². The van der Waals surface area contributed by atoms with Crippen molar-refractivity contribution in [2.45, 2.75) is 12.8 Å². The van der Waals surface area contributed by atoms with E-state index in [1.165, 1.54) is 0 Å². The number of rotatable bonds is 4. The average Bonchev–Trinajstić information content (AvgIpc) is 2.15. The number of nitrogen functional groups attached to an aromatic ring is 1. The number of hydrogen-bond donors (Lipinski definition) is 2. The van der Waals surface area contributed by atoms with Gasteiger partial charge in [-0.3, -0.25) is 9.59 Å². The number of anilines is 1. The third-order valence-corrected chi connectivity index (χ3v) is 1.83. The van der Waals surface area contributed by atoms with Crippen molar-refractivity contribution in [3.05, 3.63) is 29.8 Å². The lowest BCUT2D eigenvalue weighted by Gasteiger charge is -2.02. The lowest BCUT2D eigenvalue weighted by molar-refractivity contribution is -0.136. The zero-order valence-corrected chi connectivity index (χ0v) is 10.0. The zero-order chi connectivity index (χ0) is 10.6. The molecule has 1 aromatic rings. The molecule has 0 fully saturated rings. The number of nitrogens with two attached hydrogens (primary N) is 1. The molecule has 1 rings (SSSR count). The highest BCUT2D eigenvalue weighted by molar-refractivity contribution is 6.01. The molecule has 0 unspecified atom stereocenters. The van der Waals surface area contributed by atoms with Gasteiger partial charge in [0.25, 0.3) is 0 Å². The Kier molecular flexibility index (Phi) is 8.53. The highest BCUT2D eigenvalue weighted by Crippen LogP contribution is 2.13. The van der Waals surface area contributed by atoms with Gasteiger partial charge < -0.3 is 10.8 Å². The summed E-state index contributed by atoms with van der Waals surface area (Å²) in [6, 6.07) is 6.64. The van der Waals surface area contributed by atoms with Gasteiger partial charge in [-0.15, -0.1) is 24.8 Å². The first-order chi connectivity index (χ1) is 6.61. The summed E-state index contributed by atoms with van der Waals surface area (Å²) in [5.41, 5.74) is 6.35. The normalized spacial score (nSPS) is 8.50. The summed E-state index contributed by atoms with van der Waals surface area (Å²) in [4.78, 5) is 21.7. The molecule has 90 valence electrons. The fraction of sp³-hybridized carbons (Fsp3) is 0.200. The standard InChI is InChI=1S/C10H11NO3.2ClH/c11-8-4-2-1-3-7(8)9(12)5-6-10(13)14;;/h1-4H,5-6,11H2,(H,13,14);2*1H. The Labute approximate surface area is 106 Å². The van der Waals surface area contributed by atoms with E-state index in [-0.39, 0.29) is 43.4 Å². The van der Waals surface area contributed by atoms with E-state index < -0.39 is 5.97 Å². The molecule has 6 heteroatoms. The molecule has 0 saturated heterocycles. The molecule has 0 aliphatic rings. The van der Waals surface area contributed by atoms with Gasteiger partial charge in [-0.25, -0.2) is 0 Å². The van der Waals surface area contributed by atoms with Crippen LogP contribution in [0.3, 0.4) is 0 Å². The topological polar surface area (TPSA) is 80.4 Å². The Morgan fingerprint density at radius 2 is 1.69 bits per heavy atom. The zero-order valence-electron chi connectivity index (χ0n) is 8.38. The fourth-order valence-corrected chi connectivity index (χ4v) is 1.11. The molecule has 4 nitrogen and oxygen atoms in total. The third-order valence-electron chi connectivity index (χ3n) is 1.83. The monoisotopic (exact) mass is 265 g/mol. The molecule has 16 heavy (non-hydrogen) atoms. The van der Waals surface area contributed by atoms with Crippen LogP contribution in [0.4, 0.5) is 5.69 Å². The fourth-order valence-electron chi connectivity index (χ4n) is 1.11. The number of ketones is 1. The van der Waals surface area contributed by atoms with Gasteiger partial charge in [0.05, 0.1) is 6.42 Å². The molecule has 0 amide bonds. The Morgan fingerprint density at radius 1 is 1.12 bits per heavy atom. The molecular formula is C10H13Cl2NO3. The van der Waals surface area contributed by atoms with Crippen molar-refractivity contribution in [1.82, 2.24) is 0 Å². The minimum Gasteiger partial charge on any atom is -0.481 e. The van der Waals surface area contributed by atoms with E-state index in [1.54, 1.807) is 24.3 Å². The Balaban J connectivity index is 0. The van der Waals surface area contributed by atoms with Gasteiger partial charge in [0.15, 0.2) is 5.78 Å². The highest BCUT2D eigenvalue weighted by atomic mass is 35.5. The number of benzene rings is 1. The first kappa shape index (κ1) is 17.1. The lowest BCUT2D eigenvalue weighted by Crippen LogP contribution is -2.06. The van der Waals surface area contributed by atoms with Crippen LogP contribution in [-0.4, -0.2) is 16.9 Å². The van der Waals surface area contributed by atoms with Crippen LogP contribution in [-0.2, 0) is 4.79 Å². The lowest BCUT2D eigenvalue weighted by atomic mass is 10.1. The summed E-state index contributed by atoms with van der Waals surface area (Å²) >= 11 is 0. The second-order valence-corrected chi connectivity index (χ2v) is 2.90. The summed E-state index contributed by atoms with van der Waals surface area (Å²) in [5.74, 6) is -1.21. The van der Waals surface area contributed by atoms with Crippen LogP contribution in [0.15, 0.2) is 24.3 Å². The molecule has 0 heterocycles.